The van der Waals surface area contributed by atoms with Gasteiger partial charge in [0.25, 0.3) is 0 Å². The molecule has 0 spiro atoms. The van der Waals surface area contributed by atoms with Crippen molar-refractivity contribution in [3.05, 3.63) is 57.9 Å². The number of benzene rings is 1. The lowest BCUT2D eigenvalue weighted by atomic mass is 10.3. The number of thiazole rings is 1. The minimum Gasteiger partial charge on any atom is -0.240 e. The standard InChI is InChI=1S/C15H12F2N2O2S3/c1-9-14(23-15(19-9)13-3-2-6-22-13)8-18-24(20,21)10-4-5-11(16)12(17)7-10/h2-7,18H,8H2,1H3. The highest BCUT2D eigenvalue weighted by Crippen LogP contribution is 2.31. The van der Waals surface area contributed by atoms with E-state index in [1.807, 2.05) is 17.5 Å². The first kappa shape index (κ1) is 17.2. The summed E-state index contributed by atoms with van der Waals surface area (Å²) in [6.45, 7) is 1.84. The van der Waals surface area contributed by atoms with E-state index >= 15 is 0 Å². The lowest BCUT2D eigenvalue weighted by Crippen LogP contribution is -2.23. The maximum absolute atomic E-state index is 13.2. The number of rotatable bonds is 5. The highest BCUT2D eigenvalue weighted by Gasteiger charge is 2.18. The van der Waals surface area contributed by atoms with Crippen LogP contribution in [-0.2, 0) is 16.6 Å². The number of nitrogens with one attached hydrogen (secondary N) is 1. The highest BCUT2D eigenvalue weighted by atomic mass is 32.2. The van der Waals surface area contributed by atoms with Crippen LogP contribution < -0.4 is 4.72 Å². The van der Waals surface area contributed by atoms with E-state index in [9.17, 15) is 17.2 Å². The molecule has 2 aromatic heterocycles. The fourth-order valence-electron chi connectivity index (χ4n) is 1.99. The number of aromatic nitrogens is 1. The Morgan fingerprint density at radius 1 is 1.21 bits per heavy atom. The van der Waals surface area contributed by atoms with E-state index < -0.39 is 21.7 Å². The van der Waals surface area contributed by atoms with Crippen molar-refractivity contribution in [2.45, 2.75) is 18.4 Å². The van der Waals surface area contributed by atoms with Gasteiger partial charge in [0, 0.05) is 11.4 Å². The molecule has 1 N–H and O–H groups in total. The monoisotopic (exact) mass is 386 g/mol. The second-order valence-electron chi connectivity index (χ2n) is 4.91. The minimum atomic E-state index is -3.93. The van der Waals surface area contributed by atoms with E-state index in [1.54, 1.807) is 18.3 Å². The van der Waals surface area contributed by atoms with E-state index in [1.165, 1.54) is 11.3 Å². The van der Waals surface area contributed by atoms with Crippen molar-refractivity contribution in [1.29, 1.82) is 0 Å². The molecular weight excluding hydrogens is 374 g/mol. The van der Waals surface area contributed by atoms with Crippen LogP contribution in [0.2, 0.25) is 0 Å². The molecule has 0 radical (unpaired) electrons. The van der Waals surface area contributed by atoms with Crippen molar-refractivity contribution in [2.75, 3.05) is 0 Å². The summed E-state index contributed by atoms with van der Waals surface area (Å²) in [5, 5.41) is 2.77. The summed E-state index contributed by atoms with van der Waals surface area (Å²) in [6.07, 6.45) is 0. The summed E-state index contributed by atoms with van der Waals surface area (Å²) < 4.78 is 53.0. The van der Waals surface area contributed by atoms with E-state index in [2.05, 4.69) is 9.71 Å². The summed E-state index contributed by atoms with van der Waals surface area (Å²) in [7, 11) is -3.93. The molecule has 0 aliphatic heterocycles. The summed E-state index contributed by atoms with van der Waals surface area (Å²) in [6, 6.07) is 6.34. The van der Waals surface area contributed by atoms with Gasteiger partial charge in [0.05, 0.1) is 15.5 Å². The SMILES string of the molecule is Cc1nc(-c2cccs2)sc1CNS(=O)(=O)c1ccc(F)c(F)c1. The smallest absolute Gasteiger partial charge is 0.240 e. The van der Waals surface area contributed by atoms with Crippen molar-refractivity contribution in [3.8, 4) is 9.88 Å². The predicted octanol–water partition coefficient (Wildman–Crippen LogP) is 3.94. The molecule has 1 aromatic carbocycles. The normalized spacial score (nSPS) is 11.8. The van der Waals surface area contributed by atoms with Crippen molar-refractivity contribution in [1.82, 2.24) is 9.71 Å². The number of thiophene rings is 1. The first-order valence-corrected chi connectivity index (χ1v) is 9.99. The number of hydrogen-bond acceptors (Lipinski definition) is 5. The van der Waals surface area contributed by atoms with Gasteiger partial charge in [-0.05, 0) is 36.6 Å². The van der Waals surface area contributed by atoms with Gasteiger partial charge in [-0.25, -0.2) is 26.9 Å². The van der Waals surface area contributed by atoms with Crippen molar-refractivity contribution < 1.29 is 17.2 Å². The van der Waals surface area contributed by atoms with Gasteiger partial charge in [0.15, 0.2) is 11.6 Å². The average Bonchev–Trinajstić information content (AvgIpc) is 3.17. The maximum Gasteiger partial charge on any atom is 0.241 e. The van der Waals surface area contributed by atoms with Gasteiger partial charge >= 0.3 is 0 Å². The molecule has 4 nitrogen and oxygen atoms in total. The fraction of sp³-hybridized carbons (Fsp3) is 0.133. The summed E-state index contributed by atoms with van der Waals surface area (Å²) in [5.41, 5.74) is 0.733. The molecule has 0 bridgehead atoms. The van der Waals surface area contributed by atoms with Gasteiger partial charge in [-0.3, -0.25) is 0 Å². The number of aryl methyl sites for hydroxylation is 1. The number of nitrogens with zero attached hydrogens (tertiary/aromatic N) is 1. The van der Waals surface area contributed by atoms with Crippen LogP contribution in [0.4, 0.5) is 8.78 Å². The quantitative estimate of drug-likeness (QED) is 0.723. The van der Waals surface area contributed by atoms with E-state index in [-0.39, 0.29) is 11.4 Å². The molecule has 3 rings (SSSR count). The first-order valence-electron chi connectivity index (χ1n) is 6.82. The van der Waals surface area contributed by atoms with Gasteiger partial charge in [0.1, 0.15) is 5.01 Å². The Labute approximate surface area is 145 Å². The molecule has 0 saturated heterocycles. The third kappa shape index (κ3) is 3.54. The molecule has 0 atom stereocenters. The Balaban J connectivity index is 1.78. The Morgan fingerprint density at radius 2 is 2.00 bits per heavy atom. The zero-order chi connectivity index (χ0) is 17.3. The van der Waals surface area contributed by atoms with Crippen LogP contribution >= 0.6 is 22.7 Å². The van der Waals surface area contributed by atoms with Crippen LogP contribution in [0.3, 0.4) is 0 Å². The van der Waals surface area contributed by atoms with Crippen molar-refractivity contribution in [3.63, 3.8) is 0 Å². The number of sulfonamides is 1. The van der Waals surface area contributed by atoms with Crippen LogP contribution in [0.25, 0.3) is 9.88 Å². The zero-order valence-corrected chi connectivity index (χ0v) is 14.9. The predicted molar refractivity (Wildman–Crippen MR) is 90.5 cm³/mol. The van der Waals surface area contributed by atoms with Gasteiger partial charge in [-0.1, -0.05) is 6.07 Å². The Kier molecular flexibility index (Phi) is 4.77. The van der Waals surface area contributed by atoms with Gasteiger partial charge in [-0.15, -0.1) is 22.7 Å². The Hall–Kier alpha value is -1.68. The zero-order valence-electron chi connectivity index (χ0n) is 12.4. The molecule has 0 aliphatic rings. The molecule has 0 unspecified atom stereocenters. The largest absolute Gasteiger partial charge is 0.241 e. The molecule has 24 heavy (non-hydrogen) atoms. The molecular formula is C15H12F2N2O2S3. The van der Waals surface area contributed by atoms with Gasteiger partial charge in [0.2, 0.25) is 10.0 Å². The van der Waals surface area contributed by atoms with Gasteiger partial charge < -0.3 is 0 Å². The Morgan fingerprint density at radius 3 is 2.67 bits per heavy atom. The third-order valence-corrected chi connectivity index (χ3v) is 6.84. The van der Waals surface area contributed by atoms with Crippen LogP contribution in [0.1, 0.15) is 10.6 Å². The van der Waals surface area contributed by atoms with E-state index in [0.29, 0.717) is 6.07 Å². The molecule has 126 valence electrons. The molecule has 3 aromatic rings. The fourth-order valence-corrected chi connectivity index (χ4v) is 4.88. The Bertz CT molecular complexity index is 967. The third-order valence-electron chi connectivity index (χ3n) is 3.25. The molecule has 2 heterocycles. The topological polar surface area (TPSA) is 59.1 Å². The molecule has 0 amide bonds. The molecule has 0 fully saturated rings. The van der Waals surface area contributed by atoms with Crippen LogP contribution in [0.5, 0.6) is 0 Å². The van der Waals surface area contributed by atoms with Crippen LogP contribution in [0.15, 0.2) is 40.6 Å². The maximum atomic E-state index is 13.2. The lowest BCUT2D eigenvalue weighted by molar-refractivity contribution is 0.504. The second-order valence-corrected chi connectivity index (χ2v) is 8.70. The number of hydrogen-bond donors (Lipinski definition) is 1. The molecule has 0 aliphatic carbocycles. The van der Waals surface area contributed by atoms with Crippen LogP contribution in [0, 0.1) is 18.6 Å². The highest BCUT2D eigenvalue weighted by molar-refractivity contribution is 7.89. The minimum absolute atomic E-state index is 0.0379. The van der Waals surface area contributed by atoms with Crippen molar-refractivity contribution >= 4 is 32.7 Å². The van der Waals surface area contributed by atoms with E-state index in [4.69, 9.17) is 0 Å². The lowest BCUT2D eigenvalue weighted by Gasteiger charge is -2.06. The average molecular weight is 386 g/mol. The summed E-state index contributed by atoms with van der Waals surface area (Å²) in [4.78, 5) is 5.90. The summed E-state index contributed by atoms with van der Waals surface area (Å²) >= 11 is 2.95. The molecule has 9 heteroatoms. The second kappa shape index (κ2) is 6.67. The van der Waals surface area contributed by atoms with Crippen molar-refractivity contribution in [2.24, 2.45) is 0 Å². The van der Waals surface area contributed by atoms with Crippen LogP contribution in [-0.4, -0.2) is 13.4 Å². The first-order chi connectivity index (χ1) is 11.4. The summed E-state index contributed by atoms with van der Waals surface area (Å²) in [5.74, 6) is -2.29. The molecule has 0 saturated carbocycles. The number of halogens is 2. The van der Waals surface area contributed by atoms with E-state index in [0.717, 1.165) is 32.6 Å². The van der Waals surface area contributed by atoms with Gasteiger partial charge in [-0.2, -0.15) is 0 Å².